The summed E-state index contributed by atoms with van der Waals surface area (Å²) in [7, 11) is 0. The lowest BCUT2D eigenvalue weighted by atomic mass is 9.89. The van der Waals surface area contributed by atoms with Crippen molar-refractivity contribution in [3.8, 4) is 11.1 Å². The van der Waals surface area contributed by atoms with Crippen LogP contribution in [0, 0.1) is 13.8 Å². The number of benzene rings is 1. The van der Waals surface area contributed by atoms with Gasteiger partial charge in [-0.3, -0.25) is 19.5 Å². The van der Waals surface area contributed by atoms with E-state index in [0.717, 1.165) is 89.8 Å². The molecule has 10 heteroatoms. The van der Waals surface area contributed by atoms with E-state index < -0.39 is 0 Å². The van der Waals surface area contributed by atoms with Gasteiger partial charge in [0.15, 0.2) is 5.82 Å². The molecular weight excluding hydrogens is 538 g/mol. The number of anilines is 1. The Balaban J connectivity index is 1.35. The van der Waals surface area contributed by atoms with E-state index in [9.17, 15) is 4.79 Å². The van der Waals surface area contributed by atoms with Crippen LogP contribution in [-0.2, 0) is 9.53 Å². The molecule has 3 aromatic rings. The Morgan fingerprint density at radius 3 is 2.56 bits per heavy atom. The quantitative estimate of drug-likeness (QED) is 0.435. The van der Waals surface area contributed by atoms with Crippen LogP contribution >= 0.6 is 11.6 Å². The minimum absolute atomic E-state index is 0.00816. The van der Waals surface area contributed by atoms with E-state index in [2.05, 4.69) is 51.2 Å². The molecule has 9 nitrogen and oxygen atoms in total. The predicted octanol–water partition coefficient (Wildman–Crippen LogP) is 4.88. The monoisotopic (exact) mass is 577 g/mol. The molecule has 0 unspecified atom stereocenters. The highest BCUT2D eigenvalue weighted by molar-refractivity contribution is 6.36. The first-order valence-electron chi connectivity index (χ1n) is 15.1. The molecule has 1 amide bonds. The van der Waals surface area contributed by atoms with Crippen molar-refractivity contribution in [2.24, 2.45) is 0 Å². The number of rotatable bonds is 5. The molecule has 1 aromatic carbocycles. The van der Waals surface area contributed by atoms with Crippen molar-refractivity contribution >= 4 is 34.2 Å². The number of fused-ring (bicyclic) bond motifs is 1. The first-order chi connectivity index (χ1) is 19.9. The van der Waals surface area contributed by atoms with Gasteiger partial charge in [-0.05, 0) is 57.2 Å². The molecule has 5 heterocycles. The fourth-order valence-electron chi connectivity index (χ4n) is 7.79. The van der Waals surface area contributed by atoms with Gasteiger partial charge in [-0.1, -0.05) is 31.0 Å². The zero-order valence-corrected chi connectivity index (χ0v) is 24.9. The summed E-state index contributed by atoms with van der Waals surface area (Å²) in [6, 6.07) is 2.83. The maximum absolute atomic E-state index is 12.3. The van der Waals surface area contributed by atoms with Gasteiger partial charge in [0.25, 0.3) is 0 Å². The van der Waals surface area contributed by atoms with E-state index in [4.69, 9.17) is 21.4 Å². The number of carbonyl (C=O) groups is 1. The minimum Gasteiger partial charge on any atom is -0.378 e. The van der Waals surface area contributed by atoms with Gasteiger partial charge in [0.2, 0.25) is 5.91 Å². The smallest absolute Gasteiger partial charge is 0.245 e. The average molecular weight is 578 g/mol. The van der Waals surface area contributed by atoms with E-state index in [1.165, 1.54) is 31.8 Å². The molecule has 1 saturated carbocycles. The summed E-state index contributed by atoms with van der Waals surface area (Å²) in [5, 5.41) is 14.9. The van der Waals surface area contributed by atoms with E-state index in [1.807, 2.05) is 11.1 Å². The summed E-state index contributed by atoms with van der Waals surface area (Å²) in [6.07, 6.45) is 9.88. The third kappa shape index (κ3) is 4.39. The highest BCUT2D eigenvalue weighted by Crippen LogP contribution is 2.49. The van der Waals surface area contributed by atoms with Crippen molar-refractivity contribution in [2.45, 2.75) is 70.0 Å². The maximum atomic E-state index is 12.3. The number of carbonyl (C=O) groups excluding carboxylic acids is 1. The molecule has 0 atom stereocenters. The Kier molecular flexibility index (Phi) is 6.87. The van der Waals surface area contributed by atoms with Gasteiger partial charge in [0.1, 0.15) is 0 Å². The number of likely N-dealkylation sites (tertiary alicyclic amines) is 1. The molecule has 4 aliphatic rings. The van der Waals surface area contributed by atoms with E-state index in [1.54, 1.807) is 0 Å². The minimum atomic E-state index is 0.00816. The summed E-state index contributed by atoms with van der Waals surface area (Å²) in [5.74, 6) is 1.06. The van der Waals surface area contributed by atoms with Gasteiger partial charge in [-0.2, -0.15) is 10.2 Å². The number of halogens is 1. The molecule has 4 fully saturated rings. The number of hydrogen-bond acceptors (Lipinski definition) is 6. The van der Waals surface area contributed by atoms with Crippen LogP contribution in [0.4, 0.5) is 5.82 Å². The van der Waals surface area contributed by atoms with E-state index in [0.29, 0.717) is 19.1 Å². The van der Waals surface area contributed by atoms with Crippen LogP contribution < -0.4 is 4.90 Å². The SMILES string of the molecule is C=CC(=O)N1CCC(n2nc(N3CCN(C4COC4)CC34CCCC4)c(-c3c(Cl)c(C)cc4[nH]ncc34)c2C)CC1. The Morgan fingerprint density at radius 1 is 1.12 bits per heavy atom. The number of nitrogens with one attached hydrogen (secondary N) is 1. The number of aromatic amines is 1. The number of piperazine rings is 1. The van der Waals surface area contributed by atoms with Crippen LogP contribution in [0.15, 0.2) is 24.9 Å². The second-order valence-electron chi connectivity index (χ2n) is 12.4. The Bertz CT molecular complexity index is 1480. The fourth-order valence-corrected chi connectivity index (χ4v) is 8.04. The second kappa shape index (κ2) is 10.4. The third-order valence-corrected chi connectivity index (χ3v) is 10.6. The molecule has 3 aliphatic heterocycles. The third-order valence-electron chi connectivity index (χ3n) is 10.2. The lowest BCUT2D eigenvalue weighted by Crippen LogP contribution is -2.66. The van der Waals surface area contributed by atoms with Gasteiger partial charge < -0.3 is 14.5 Å². The molecule has 0 radical (unpaired) electrons. The Labute approximate surface area is 246 Å². The largest absolute Gasteiger partial charge is 0.378 e. The lowest BCUT2D eigenvalue weighted by Gasteiger charge is -2.53. The molecule has 2 aromatic heterocycles. The van der Waals surface area contributed by atoms with E-state index >= 15 is 0 Å². The Hall–Kier alpha value is -2.88. The molecule has 0 bridgehead atoms. The molecule has 7 rings (SSSR count). The number of ether oxygens (including phenoxy) is 1. The number of aryl methyl sites for hydroxylation is 1. The number of hydrogen-bond donors (Lipinski definition) is 1. The van der Waals surface area contributed by atoms with Crippen molar-refractivity contribution in [1.82, 2.24) is 29.8 Å². The predicted molar refractivity (Wildman–Crippen MR) is 162 cm³/mol. The molecule has 3 saturated heterocycles. The summed E-state index contributed by atoms with van der Waals surface area (Å²) in [5.41, 5.74) is 5.35. The number of H-pyrrole nitrogens is 1. The Morgan fingerprint density at radius 2 is 1.88 bits per heavy atom. The van der Waals surface area contributed by atoms with E-state index in [-0.39, 0.29) is 17.5 Å². The maximum Gasteiger partial charge on any atom is 0.245 e. The fraction of sp³-hybridized carbons (Fsp3) is 0.581. The second-order valence-corrected chi connectivity index (χ2v) is 12.8. The van der Waals surface area contributed by atoms with Gasteiger partial charge in [-0.25, -0.2) is 0 Å². The van der Waals surface area contributed by atoms with Crippen molar-refractivity contribution in [1.29, 1.82) is 0 Å². The van der Waals surface area contributed by atoms with Crippen molar-refractivity contribution in [3.63, 3.8) is 0 Å². The summed E-state index contributed by atoms with van der Waals surface area (Å²) in [4.78, 5) is 19.5. The number of amides is 1. The van der Waals surface area contributed by atoms with Crippen LogP contribution in [0.25, 0.3) is 22.0 Å². The zero-order chi connectivity index (χ0) is 28.3. The molecular formula is C31H40ClN7O2. The number of nitrogens with zero attached hydrogens (tertiary/aromatic N) is 6. The van der Waals surface area contributed by atoms with Crippen molar-refractivity contribution in [3.05, 3.63) is 41.2 Å². The van der Waals surface area contributed by atoms with Gasteiger partial charge in [-0.15, -0.1) is 0 Å². The standard InChI is InChI=1S/C31H40ClN7O2/c1-4-26(40)36-11-7-22(8-12-36)39-21(3)27(28-24-16-33-34-25(24)15-20(2)29(28)32)30(35-39)38-14-13-37(23-17-41-18-23)19-31(38)9-5-6-10-31/h4,15-16,22-23H,1,5-14,17-19H2,2-3H3,(H,33,34). The zero-order valence-electron chi connectivity index (χ0n) is 24.2. The van der Waals surface area contributed by atoms with Crippen LogP contribution in [0.3, 0.4) is 0 Å². The molecule has 1 aliphatic carbocycles. The van der Waals surface area contributed by atoms with Crippen LogP contribution in [0.1, 0.15) is 55.8 Å². The average Bonchev–Trinajstić information content (AvgIpc) is 3.68. The first kappa shape index (κ1) is 27.0. The van der Waals surface area contributed by atoms with Crippen molar-refractivity contribution in [2.75, 3.05) is 50.8 Å². The van der Waals surface area contributed by atoms with Gasteiger partial charge >= 0.3 is 0 Å². The molecule has 41 heavy (non-hydrogen) atoms. The highest BCUT2D eigenvalue weighted by Gasteiger charge is 2.48. The molecule has 218 valence electrons. The first-order valence-corrected chi connectivity index (χ1v) is 15.5. The summed E-state index contributed by atoms with van der Waals surface area (Å²) in [6.45, 7) is 14.0. The molecule has 1 N–H and O–H groups in total. The number of piperidine rings is 1. The normalized spacial score (nSPS) is 22.1. The summed E-state index contributed by atoms with van der Waals surface area (Å²) >= 11 is 7.18. The van der Waals surface area contributed by atoms with Crippen LogP contribution in [-0.4, -0.2) is 93.2 Å². The van der Waals surface area contributed by atoms with Crippen LogP contribution in [0.2, 0.25) is 5.02 Å². The summed E-state index contributed by atoms with van der Waals surface area (Å²) < 4.78 is 7.83. The van der Waals surface area contributed by atoms with Crippen LogP contribution in [0.5, 0.6) is 0 Å². The molecule has 1 spiro atoms. The highest BCUT2D eigenvalue weighted by atomic mass is 35.5. The van der Waals surface area contributed by atoms with Gasteiger partial charge in [0, 0.05) is 54.9 Å². The lowest BCUT2D eigenvalue weighted by molar-refractivity contribution is -0.127. The van der Waals surface area contributed by atoms with Gasteiger partial charge in [0.05, 0.1) is 47.6 Å². The topological polar surface area (TPSA) is 82.5 Å². The number of aromatic nitrogens is 4. The van der Waals surface area contributed by atoms with Crippen molar-refractivity contribution < 1.29 is 9.53 Å².